The zero-order valence-electron chi connectivity index (χ0n) is 12.5. The minimum absolute atomic E-state index is 0.601. The quantitative estimate of drug-likeness (QED) is 0.854. The summed E-state index contributed by atoms with van der Waals surface area (Å²) in [6, 6.07) is 4.13. The van der Waals surface area contributed by atoms with Crippen molar-refractivity contribution in [3.05, 3.63) is 34.5 Å². The SMILES string of the molecule is Cc1nc(C)n(CC2CCCN(c3ccc(Br)cn3)C2)n1. The Balaban J connectivity index is 1.68. The molecule has 3 rings (SSSR count). The molecular weight excluding hydrogens is 330 g/mol. The fraction of sp³-hybridized carbons (Fsp3) is 0.533. The van der Waals surface area contributed by atoms with Crippen LogP contribution in [0.3, 0.4) is 0 Å². The summed E-state index contributed by atoms with van der Waals surface area (Å²) in [6.07, 6.45) is 4.31. The molecule has 0 bridgehead atoms. The molecule has 1 atom stereocenters. The smallest absolute Gasteiger partial charge is 0.147 e. The molecule has 1 saturated heterocycles. The number of halogens is 1. The van der Waals surface area contributed by atoms with Crippen LogP contribution in [0.15, 0.2) is 22.8 Å². The van der Waals surface area contributed by atoms with Crippen LogP contribution in [-0.4, -0.2) is 32.8 Å². The molecule has 1 aliphatic rings. The Bertz CT molecular complexity index is 607. The van der Waals surface area contributed by atoms with E-state index in [0.29, 0.717) is 5.92 Å². The number of hydrogen-bond donors (Lipinski definition) is 0. The van der Waals surface area contributed by atoms with Gasteiger partial charge in [0.25, 0.3) is 0 Å². The third-order valence-corrected chi connectivity index (χ3v) is 4.42. The van der Waals surface area contributed by atoms with Gasteiger partial charge in [-0.05, 0) is 60.7 Å². The number of aryl methyl sites for hydroxylation is 2. The van der Waals surface area contributed by atoms with E-state index >= 15 is 0 Å². The number of piperidine rings is 1. The van der Waals surface area contributed by atoms with Gasteiger partial charge in [0.2, 0.25) is 0 Å². The third-order valence-electron chi connectivity index (χ3n) is 3.95. The highest BCUT2D eigenvalue weighted by Gasteiger charge is 2.22. The summed E-state index contributed by atoms with van der Waals surface area (Å²) in [7, 11) is 0. The highest BCUT2D eigenvalue weighted by molar-refractivity contribution is 9.10. The topological polar surface area (TPSA) is 46.8 Å². The van der Waals surface area contributed by atoms with Crippen molar-refractivity contribution in [2.24, 2.45) is 5.92 Å². The van der Waals surface area contributed by atoms with Gasteiger partial charge < -0.3 is 4.90 Å². The maximum atomic E-state index is 4.51. The lowest BCUT2D eigenvalue weighted by atomic mass is 9.98. The molecule has 2 aromatic heterocycles. The molecular formula is C15H20BrN5. The molecule has 0 N–H and O–H groups in total. The van der Waals surface area contributed by atoms with Gasteiger partial charge in [-0.3, -0.25) is 0 Å². The molecule has 1 aliphatic heterocycles. The van der Waals surface area contributed by atoms with Crippen LogP contribution < -0.4 is 4.90 Å². The van der Waals surface area contributed by atoms with Crippen LogP contribution in [0.1, 0.15) is 24.5 Å². The summed E-state index contributed by atoms with van der Waals surface area (Å²) in [5.41, 5.74) is 0. The maximum Gasteiger partial charge on any atom is 0.147 e. The molecule has 1 fully saturated rings. The van der Waals surface area contributed by atoms with E-state index in [1.165, 1.54) is 12.8 Å². The van der Waals surface area contributed by atoms with Gasteiger partial charge in [0, 0.05) is 30.3 Å². The zero-order valence-corrected chi connectivity index (χ0v) is 14.0. The van der Waals surface area contributed by atoms with Crippen molar-refractivity contribution in [3.63, 3.8) is 0 Å². The van der Waals surface area contributed by atoms with Crippen molar-refractivity contribution < 1.29 is 0 Å². The molecule has 1 unspecified atom stereocenters. The van der Waals surface area contributed by atoms with Crippen molar-refractivity contribution in [2.75, 3.05) is 18.0 Å². The summed E-state index contributed by atoms with van der Waals surface area (Å²) < 4.78 is 3.06. The van der Waals surface area contributed by atoms with Gasteiger partial charge in [0.05, 0.1) is 0 Å². The summed E-state index contributed by atoms with van der Waals surface area (Å²) in [6.45, 7) is 7.03. The Morgan fingerprint density at radius 3 is 2.86 bits per heavy atom. The molecule has 0 aliphatic carbocycles. The number of rotatable bonds is 3. The fourth-order valence-corrected chi connectivity index (χ4v) is 3.19. The Hall–Kier alpha value is -1.43. The molecule has 6 heteroatoms. The second-order valence-corrected chi connectivity index (χ2v) is 6.59. The Morgan fingerprint density at radius 2 is 2.19 bits per heavy atom. The van der Waals surface area contributed by atoms with E-state index in [-0.39, 0.29) is 0 Å². The second-order valence-electron chi connectivity index (χ2n) is 5.68. The van der Waals surface area contributed by atoms with Crippen molar-refractivity contribution in [1.82, 2.24) is 19.7 Å². The summed E-state index contributed by atoms with van der Waals surface area (Å²) in [5.74, 6) is 3.53. The minimum Gasteiger partial charge on any atom is -0.356 e. The van der Waals surface area contributed by atoms with E-state index in [4.69, 9.17) is 0 Å². The lowest BCUT2D eigenvalue weighted by Gasteiger charge is -2.33. The molecule has 0 spiro atoms. The lowest BCUT2D eigenvalue weighted by Crippen LogP contribution is -2.37. The van der Waals surface area contributed by atoms with Crippen molar-refractivity contribution in [2.45, 2.75) is 33.2 Å². The number of pyridine rings is 1. The van der Waals surface area contributed by atoms with Crippen molar-refractivity contribution >= 4 is 21.7 Å². The summed E-state index contributed by atoms with van der Waals surface area (Å²) >= 11 is 3.44. The van der Waals surface area contributed by atoms with Crippen LogP contribution in [0.2, 0.25) is 0 Å². The van der Waals surface area contributed by atoms with Crippen LogP contribution in [0.5, 0.6) is 0 Å². The Labute approximate surface area is 133 Å². The number of anilines is 1. The standard InChI is InChI=1S/C15H20BrN5/c1-11-18-12(2)21(19-11)10-13-4-3-7-20(9-13)15-6-5-14(16)8-17-15/h5-6,8,13H,3-4,7,9-10H2,1-2H3. The number of hydrogen-bond acceptors (Lipinski definition) is 4. The third kappa shape index (κ3) is 3.43. The van der Waals surface area contributed by atoms with Crippen LogP contribution in [0.25, 0.3) is 0 Å². The van der Waals surface area contributed by atoms with E-state index < -0.39 is 0 Å². The van der Waals surface area contributed by atoms with Gasteiger partial charge in [0.15, 0.2) is 0 Å². The highest BCUT2D eigenvalue weighted by Crippen LogP contribution is 2.23. The monoisotopic (exact) mass is 349 g/mol. The first-order valence-electron chi connectivity index (χ1n) is 7.36. The van der Waals surface area contributed by atoms with Gasteiger partial charge in [-0.2, -0.15) is 5.10 Å². The average Bonchev–Trinajstić information content (AvgIpc) is 2.78. The van der Waals surface area contributed by atoms with Crippen LogP contribution in [0, 0.1) is 19.8 Å². The second kappa shape index (κ2) is 6.13. The van der Waals surface area contributed by atoms with Gasteiger partial charge in [-0.25, -0.2) is 14.6 Å². The molecule has 0 radical (unpaired) electrons. The number of aromatic nitrogens is 4. The van der Waals surface area contributed by atoms with Gasteiger partial charge in [0.1, 0.15) is 17.5 Å². The van der Waals surface area contributed by atoms with E-state index in [2.05, 4.69) is 48.0 Å². The zero-order chi connectivity index (χ0) is 14.8. The first-order chi connectivity index (χ1) is 10.1. The Morgan fingerprint density at radius 1 is 1.33 bits per heavy atom. The van der Waals surface area contributed by atoms with Crippen LogP contribution in [-0.2, 0) is 6.54 Å². The fourth-order valence-electron chi connectivity index (χ4n) is 2.96. The molecule has 2 aromatic rings. The first-order valence-corrected chi connectivity index (χ1v) is 8.15. The molecule has 112 valence electrons. The van der Waals surface area contributed by atoms with Gasteiger partial charge >= 0.3 is 0 Å². The van der Waals surface area contributed by atoms with Gasteiger partial charge in [-0.1, -0.05) is 0 Å². The average molecular weight is 350 g/mol. The molecule has 5 nitrogen and oxygen atoms in total. The largest absolute Gasteiger partial charge is 0.356 e. The molecule has 0 amide bonds. The Kier molecular flexibility index (Phi) is 4.24. The molecule has 3 heterocycles. The van der Waals surface area contributed by atoms with E-state index in [1.807, 2.05) is 24.7 Å². The van der Waals surface area contributed by atoms with Gasteiger partial charge in [-0.15, -0.1) is 0 Å². The van der Waals surface area contributed by atoms with Crippen molar-refractivity contribution in [1.29, 1.82) is 0 Å². The first kappa shape index (κ1) is 14.5. The van der Waals surface area contributed by atoms with Crippen molar-refractivity contribution in [3.8, 4) is 0 Å². The molecule has 0 saturated carbocycles. The van der Waals surface area contributed by atoms with Crippen LogP contribution in [0.4, 0.5) is 5.82 Å². The maximum absolute atomic E-state index is 4.51. The number of nitrogens with zero attached hydrogens (tertiary/aromatic N) is 5. The lowest BCUT2D eigenvalue weighted by molar-refractivity contribution is 0.346. The summed E-state index contributed by atoms with van der Waals surface area (Å²) in [5, 5.41) is 4.48. The molecule has 0 aromatic carbocycles. The summed E-state index contributed by atoms with van der Waals surface area (Å²) in [4.78, 5) is 11.3. The van der Waals surface area contributed by atoms with E-state index in [9.17, 15) is 0 Å². The predicted octanol–water partition coefficient (Wildman–Crippen LogP) is 2.97. The minimum atomic E-state index is 0.601. The van der Waals surface area contributed by atoms with E-state index in [1.54, 1.807) is 0 Å². The normalized spacial score (nSPS) is 19.0. The highest BCUT2D eigenvalue weighted by atomic mass is 79.9. The molecule has 21 heavy (non-hydrogen) atoms. The van der Waals surface area contributed by atoms with Crippen LogP contribution >= 0.6 is 15.9 Å². The predicted molar refractivity (Wildman–Crippen MR) is 86.4 cm³/mol. The van der Waals surface area contributed by atoms with E-state index in [0.717, 1.165) is 41.6 Å².